The van der Waals surface area contributed by atoms with Gasteiger partial charge in [0.2, 0.25) is 0 Å². The summed E-state index contributed by atoms with van der Waals surface area (Å²) in [4.78, 5) is 10.7. The van der Waals surface area contributed by atoms with Crippen molar-refractivity contribution in [1.82, 2.24) is 9.97 Å². The Morgan fingerprint density at radius 1 is 1.35 bits per heavy atom. The van der Waals surface area contributed by atoms with Crippen molar-refractivity contribution >= 4 is 27.4 Å². The van der Waals surface area contributed by atoms with E-state index in [1.165, 1.54) is 0 Å². The van der Waals surface area contributed by atoms with Crippen LogP contribution < -0.4 is 11.3 Å². The lowest BCUT2D eigenvalue weighted by molar-refractivity contribution is 0.0183. The molecule has 0 aromatic carbocycles. The number of nitrogens with zero attached hydrogens (tertiary/aromatic N) is 2. The summed E-state index contributed by atoms with van der Waals surface area (Å²) < 4.78 is 28.7. The van der Waals surface area contributed by atoms with Crippen LogP contribution in [-0.4, -0.2) is 29.6 Å². The lowest BCUT2D eigenvalue weighted by Crippen LogP contribution is -2.13. The Bertz CT molecular complexity index is 603. The second kappa shape index (κ2) is 6.38. The number of nitrogens with two attached hydrogens (primary N) is 1. The number of hydrogen-bond donors (Lipinski definition) is 2. The fraction of sp³-hybridized carbons (Fsp3) is 0.500. The number of thiophene rings is 1. The van der Waals surface area contributed by atoms with Gasteiger partial charge in [0.15, 0.2) is 5.82 Å². The van der Waals surface area contributed by atoms with Crippen LogP contribution in [0.3, 0.4) is 0 Å². The highest BCUT2D eigenvalue weighted by Gasteiger charge is 2.14. The van der Waals surface area contributed by atoms with Crippen molar-refractivity contribution in [1.29, 1.82) is 0 Å². The number of halogens is 2. The first-order valence-electron chi connectivity index (χ1n) is 6.12. The summed E-state index contributed by atoms with van der Waals surface area (Å²) >= 11 is 1.56. The number of hydrogen-bond acceptors (Lipinski definition) is 6. The predicted molar refractivity (Wildman–Crippen MR) is 75.2 cm³/mol. The van der Waals surface area contributed by atoms with Crippen molar-refractivity contribution in [2.24, 2.45) is 5.84 Å². The maximum atomic E-state index is 12.0. The number of hydrazine groups is 1. The summed E-state index contributed by atoms with van der Waals surface area (Å²) in [5.41, 5.74) is 3.66. The van der Waals surface area contributed by atoms with Gasteiger partial charge < -0.3 is 10.2 Å². The van der Waals surface area contributed by atoms with Gasteiger partial charge in [-0.05, 0) is 19.4 Å². The fourth-order valence-electron chi connectivity index (χ4n) is 1.85. The fourth-order valence-corrected chi connectivity index (χ4v) is 2.89. The molecule has 0 fully saturated rings. The van der Waals surface area contributed by atoms with Crippen LogP contribution in [-0.2, 0) is 11.2 Å². The summed E-state index contributed by atoms with van der Waals surface area (Å²) in [5, 5.41) is 0.909. The molecular formula is C12H16F2N4OS. The summed E-state index contributed by atoms with van der Waals surface area (Å²) in [6, 6.07) is 0. The van der Waals surface area contributed by atoms with Crippen molar-refractivity contribution in [3.63, 3.8) is 0 Å². The van der Waals surface area contributed by atoms with Gasteiger partial charge in [0.25, 0.3) is 6.43 Å². The van der Waals surface area contributed by atoms with Gasteiger partial charge >= 0.3 is 0 Å². The molecule has 2 heterocycles. The Morgan fingerprint density at radius 3 is 2.75 bits per heavy atom. The van der Waals surface area contributed by atoms with Crippen molar-refractivity contribution in [3.05, 3.63) is 16.3 Å². The van der Waals surface area contributed by atoms with E-state index < -0.39 is 13.0 Å². The van der Waals surface area contributed by atoms with Crippen LogP contribution in [0.1, 0.15) is 16.3 Å². The molecule has 8 heteroatoms. The molecule has 0 amide bonds. The van der Waals surface area contributed by atoms with Gasteiger partial charge in [-0.25, -0.2) is 24.6 Å². The van der Waals surface area contributed by atoms with E-state index >= 15 is 0 Å². The molecule has 0 saturated heterocycles. The number of nitrogens with one attached hydrogen (secondary N) is 1. The predicted octanol–water partition coefficient (Wildman–Crippen LogP) is 2.42. The first-order chi connectivity index (χ1) is 9.52. The highest BCUT2D eigenvalue weighted by Crippen LogP contribution is 2.32. The van der Waals surface area contributed by atoms with Gasteiger partial charge in [-0.1, -0.05) is 0 Å². The number of rotatable bonds is 6. The Balaban J connectivity index is 2.19. The van der Waals surface area contributed by atoms with Gasteiger partial charge in [-0.3, -0.25) is 0 Å². The lowest BCUT2D eigenvalue weighted by Gasteiger charge is -2.06. The standard InChI is InChI=1S/C12H16F2N4OS/c1-6-7(2)20-12-10(6)11(18-15)16-9(17-12)3-4-19-5-8(13)14/h8H,3-5,15H2,1-2H3,(H,16,17,18). The second-order valence-corrected chi connectivity index (χ2v) is 5.52. The molecule has 0 saturated carbocycles. The Kier molecular flexibility index (Phi) is 4.79. The molecule has 110 valence electrons. The zero-order valence-electron chi connectivity index (χ0n) is 11.2. The summed E-state index contributed by atoms with van der Waals surface area (Å²) in [5.74, 6) is 6.58. The Hall–Kier alpha value is -1.38. The van der Waals surface area contributed by atoms with E-state index in [0.29, 0.717) is 18.1 Å². The lowest BCUT2D eigenvalue weighted by atomic mass is 10.2. The summed E-state index contributed by atoms with van der Waals surface area (Å²) in [6.45, 7) is 3.59. The quantitative estimate of drug-likeness (QED) is 0.487. The molecule has 0 spiro atoms. The first kappa shape index (κ1) is 15.0. The van der Waals surface area contributed by atoms with Gasteiger partial charge in [-0.15, -0.1) is 11.3 Å². The molecule has 2 aromatic heterocycles. The van der Waals surface area contributed by atoms with Gasteiger partial charge in [0, 0.05) is 11.3 Å². The van der Waals surface area contributed by atoms with E-state index in [1.54, 1.807) is 11.3 Å². The zero-order chi connectivity index (χ0) is 14.7. The van der Waals surface area contributed by atoms with Crippen LogP contribution in [0.2, 0.25) is 0 Å². The number of fused-ring (bicyclic) bond motifs is 1. The smallest absolute Gasteiger partial charge is 0.261 e. The molecular weight excluding hydrogens is 286 g/mol. The number of ether oxygens (including phenoxy) is 1. The van der Waals surface area contributed by atoms with Crippen molar-refractivity contribution in [3.8, 4) is 0 Å². The Labute approximate surface area is 119 Å². The van der Waals surface area contributed by atoms with Gasteiger partial charge in [0.05, 0.1) is 12.0 Å². The third kappa shape index (κ3) is 3.20. The van der Waals surface area contributed by atoms with E-state index in [9.17, 15) is 8.78 Å². The number of aryl methyl sites for hydroxylation is 2. The minimum atomic E-state index is -2.46. The molecule has 0 unspecified atom stereocenters. The molecule has 2 aromatic rings. The third-order valence-corrected chi connectivity index (χ3v) is 4.03. The monoisotopic (exact) mass is 302 g/mol. The molecule has 2 rings (SSSR count). The minimum absolute atomic E-state index is 0.156. The third-order valence-electron chi connectivity index (χ3n) is 2.93. The van der Waals surface area contributed by atoms with Crippen LogP contribution in [0.25, 0.3) is 10.2 Å². The molecule has 0 bridgehead atoms. The molecule has 5 nitrogen and oxygen atoms in total. The first-order valence-corrected chi connectivity index (χ1v) is 6.93. The van der Waals surface area contributed by atoms with Crippen LogP contribution in [0.5, 0.6) is 0 Å². The molecule has 3 N–H and O–H groups in total. The Morgan fingerprint density at radius 2 is 2.10 bits per heavy atom. The van der Waals surface area contributed by atoms with Crippen molar-refractivity contribution in [2.45, 2.75) is 26.7 Å². The van der Waals surface area contributed by atoms with Crippen molar-refractivity contribution < 1.29 is 13.5 Å². The van der Waals surface area contributed by atoms with Gasteiger partial charge in [0.1, 0.15) is 17.3 Å². The highest BCUT2D eigenvalue weighted by atomic mass is 32.1. The molecule has 0 aliphatic rings. The van der Waals surface area contributed by atoms with Crippen LogP contribution in [0.15, 0.2) is 0 Å². The molecule has 0 radical (unpaired) electrons. The van der Waals surface area contributed by atoms with E-state index in [4.69, 9.17) is 10.6 Å². The van der Waals surface area contributed by atoms with Gasteiger partial charge in [-0.2, -0.15) is 0 Å². The number of aromatic nitrogens is 2. The van der Waals surface area contributed by atoms with Crippen LogP contribution >= 0.6 is 11.3 Å². The second-order valence-electron chi connectivity index (χ2n) is 4.31. The van der Waals surface area contributed by atoms with E-state index in [0.717, 1.165) is 20.7 Å². The average molecular weight is 302 g/mol. The SMILES string of the molecule is Cc1sc2nc(CCOCC(F)F)nc(NN)c2c1C. The number of alkyl halides is 2. The molecule has 0 aliphatic carbocycles. The number of anilines is 1. The normalized spacial score (nSPS) is 11.5. The average Bonchev–Trinajstić information content (AvgIpc) is 2.69. The molecule has 0 atom stereocenters. The maximum Gasteiger partial charge on any atom is 0.261 e. The van der Waals surface area contributed by atoms with Crippen LogP contribution in [0, 0.1) is 13.8 Å². The molecule has 20 heavy (non-hydrogen) atoms. The summed E-state index contributed by atoms with van der Waals surface area (Å²) in [7, 11) is 0. The number of nitrogen functional groups attached to an aromatic ring is 1. The van der Waals surface area contributed by atoms with Crippen LogP contribution in [0.4, 0.5) is 14.6 Å². The maximum absolute atomic E-state index is 12.0. The van der Waals surface area contributed by atoms with E-state index in [2.05, 4.69) is 15.4 Å². The largest absolute Gasteiger partial charge is 0.375 e. The van der Waals surface area contributed by atoms with E-state index in [-0.39, 0.29) is 6.61 Å². The van der Waals surface area contributed by atoms with E-state index in [1.807, 2.05) is 13.8 Å². The highest BCUT2D eigenvalue weighted by molar-refractivity contribution is 7.18. The minimum Gasteiger partial charge on any atom is -0.375 e. The topological polar surface area (TPSA) is 73.1 Å². The van der Waals surface area contributed by atoms with Crippen molar-refractivity contribution in [2.75, 3.05) is 18.6 Å². The zero-order valence-corrected chi connectivity index (χ0v) is 12.1. The summed E-state index contributed by atoms with van der Waals surface area (Å²) in [6.07, 6.45) is -2.09. The molecule has 0 aliphatic heterocycles.